The van der Waals surface area contributed by atoms with Gasteiger partial charge < -0.3 is 10.4 Å². The molecule has 0 aliphatic carbocycles. The Morgan fingerprint density at radius 2 is 1.55 bits per heavy atom. The molecular weight excluding hydrogens is 246 g/mol. The van der Waals surface area contributed by atoms with E-state index in [2.05, 4.69) is 43.4 Å². The van der Waals surface area contributed by atoms with Gasteiger partial charge >= 0.3 is 0 Å². The fraction of sp³-hybridized carbons (Fsp3) is 0.333. The molecule has 0 spiro atoms. The van der Waals surface area contributed by atoms with E-state index in [1.165, 1.54) is 11.1 Å². The van der Waals surface area contributed by atoms with Gasteiger partial charge in [-0.2, -0.15) is 0 Å². The molecule has 0 saturated carbocycles. The van der Waals surface area contributed by atoms with Gasteiger partial charge in [0.1, 0.15) is 5.75 Å². The summed E-state index contributed by atoms with van der Waals surface area (Å²) in [6.45, 7) is 5.97. The lowest BCUT2D eigenvalue weighted by molar-refractivity contribution is 0.464. The van der Waals surface area contributed by atoms with Gasteiger partial charge in [-0.1, -0.05) is 56.3 Å². The van der Waals surface area contributed by atoms with Crippen LogP contribution in [0.25, 0.3) is 0 Å². The van der Waals surface area contributed by atoms with Crippen LogP contribution < -0.4 is 5.32 Å². The zero-order valence-corrected chi connectivity index (χ0v) is 12.3. The molecule has 0 fully saturated rings. The summed E-state index contributed by atoms with van der Waals surface area (Å²) in [5.74, 6) is 1.05. The van der Waals surface area contributed by atoms with E-state index in [4.69, 9.17) is 0 Å². The van der Waals surface area contributed by atoms with Crippen molar-refractivity contribution in [3.8, 4) is 5.75 Å². The molecule has 0 aromatic heterocycles. The van der Waals surface area contributed by atoms with Crippen LogP contribution in [0.15, 0.2) is 48.5 Å². The van der Waals surface area contributed by atoms with Crippen LogP contribution in [-0.4, -0.2) is 5.11 Å². The molecule has 0 unspecified atom stereocenters. The van der Waals surface area contributed by atoms with Crippen molar-refractivity contribution in [2.75, 3.05) is 0 Å². The first-order valence-corrected chi connectivity index (χ1v) is 7.20. The lowest BCUT2D eigenvalue weighted by atomic mass is 10.0. The standard InChI is InChI=1S/C18H23NO/c1-14(2)11-15-7-9-16(10-8-15)12-19-13-17-5-3-4-6-18(17)20/h3-10,14,19-20H,11-13H2,1-2H3. The van der Waals surface area contributed by atoms with Gasteiger partial charge in [0.15, 0.2) is 0 Å². The monoisotopic (exact) mass is 269 g/mol. The second-order valence-electron chi connectivity index (χ2n) is 5.65. The van der Waals surface area contributed by atoms with Gasteiger partial charge in [0, 0.05) is 18.7 Å². The summed E-state index contributed by atoms with van der Waals surface area (Å²) in [5.41, 5.74) is 3.60. The summed E-state index contributed by atoms with van der Waals surface area (Å²) in [7, 11) is 0. The number of phenols is 1. The number of nitrogens with one attached hydrogen (secondary N) is 1. The number of hydrogen-bond acceptors (Lipinski definition) is 2. The first-order chi connectivity index (χ1) is 9.65. The van der Waals surface area contributed by atoms with E-state index in [0.717, 1.165) is 18.5 Å². The number of phenolic OH excluding ortho intramolecular Hbond substituents is 1. The smallest absolute Gasteiger partial charge is 0.120 e. The van der Waals surface area contributed by atoms with Crippen LogP contribution in [0.1, 0.15) is 30.5 Å². The second kappa shape index (κ2) is 7.11. The summed E-state index contributed by atoms with van der Waals surface area (Å²) in [6.07, 6.45) is 1.13. The van der Waals surface area contributed by atoms with Gasteiger partial charge in [0.25, 0.3) is 0 Å². The Hall–Kier alpha value is -1.80. The first-order valence-electron chi connectivity index (χ1n) is 7.20. The zero-order valence-electron chi connectivity index (χ0n) is 12.3. The van der Waals surface area contributed by atoms with Crippen LogP contribution in [0.5, 0.6) is 5.75 Å². The highest BCUT2D eigenvalue weighted by atomic mass is 16.3. The highest BCUT2D eigenvalue weighted by Gasteiger charge is 2.00. The zero-order chi connectivity index (χ0) is 14.4. The number of hydrogen-bond donors (Lipinski definition) is 2. The molecular formula is C18H23NO. The summed E-state index contributed by atoms with van der Waals surface area (Å²) in [4.78, 5) is 0. The Labute approximate surface area is 121 Å². The van der Waals surface area contributed by atoms with E-state index in [0.29, 0.717) is 18.2 Å². The molecule has 0 aliphatic rings. The van der Waals surface area contributed by atoms with E-state index in [1.807, 2.05) is 18.2 Å². The SMILES string of the molecule is CC(C)Cc1ccc(CNCc2ccccc2O)cc1. The van der Waals surface area contributed by atoms with Gasteiger partial charge in [-0.3, -0.25) is 0 Å². The predicted molar refractivity (Wildman–Crippen MR) is 83.6 cm³/mol. The lowest BCUT2D eigenvalue weighted by Gasteiger charge is -2.08. The van der Waals surface area contributed by atoms with E-state index in [-0.39, 0.29) is 0 Å². The highest BCUT2D eigenvalue weighted by Crippen LogP contribution is 2.15. The fourth-order valence-corrected chi connectivity index (χ4v) is 2.27. The topological polar surface area (TPSA) is 32.3 Å². The molecule has 0 radical (unpaired) electrons. The molecule has 0 amide bonds. The van der Waals surface area contributed by atoms with Crippen molar-refractivity contribution < 1.29 is 5.11 Å². The summed E-state index contributed by atoms with van der Waals surface area (Å²) in [6, 6.07) is 16.2. The maximum absolute atomic E-state index is 9.69. The van der Waals surface area contributed by atoms with E-state index in [1.54, 1.807) is 6.07 Å². The molecule has 0 saturated heterocycles. The van der Waals surface area contributed by atoms with Crippen LogP contribution in [0, 0.1) is 5.92 Å². The van der Waals surface area contributed by atoms with Crippen molar-refractivity contribution in [3.63, 3.8) is 0 Å². The number of aromatic hydroxyl groups is 1. The van der Waals surface area contributed by atoms with Crippen molar-refractivity contribution in [1.82, 2.24) is 5.32 Å². The third-order valence-electron chi connectivity index (χ3n) is 3.30. The third-order valence-corrected chi connectivity index (χ3v) is 3.30. The number of rotatable bonds is 6. The Kier molecular flexibility index (Phi) is 5.19. The Morgan fingerprint density at radius 3 is 2.20 bits per heavy atom. The average Bonchev–Trinajstić information content (AvgIpc) is 2.42. The third kappa shape index (κ3) is 4.39. The Bertz CT molecular complexity index is 531. The lowest BCUT2D eigenvalue weighted by Crippen LogP contribution is -2.12. The van der Waals surface area contributed by atoms with Crippen molar-refractivity contribution in [3.05, 3.63) is 65.2 Å². The Morgan fingerprint density at radius 1 is 0.900 bits per heavy atom. The first kappa shape index (κ1) is 14.6. The van der Waals surface area contributed by atoms with E-state index in [9.17, 15) is 5.11 Å². The maximum Gasteiger partial charge on any atom is 0.120 e. The van der Waals surface area contributed by atoms with Crippen LogP contribution in [0.4, 0.5) is 0 Å². The summed E-state index contributed by atoms with van der Waals surface area (Å²) in [5, 5.41) is 13.0. The summed E-state index contributed by atoms with van der Waals surface area (Å²) >= 11 is 0. The molecule has 2 aromatic carbocycles. The second-order valence-corrected chi connectivity index (χ2v) is 5.65. The Balaban J connectivity index is 1.84. The van der Waals surface area contributed by atoms with Crippen LogP contribution in [0.3, 0.4) is 0 Å². The van der Waals surface area contributed by atoms with Crippen LogP contribution in [0.2, 0.25) is 0 Å². The predicted octanol–water partition coefficient (Wildman–Crippen LogP) is 3.88. The molecule has 0 bridgehead atoms. The molecule has 2 rings (SSSR count). The summed E-state index contributed by atoms with van der Waals surface area (Å²) < 4.78 is 0. The molecule has 0 aliphatic heterocycles. The van der Waals surface area contributed by atoms with Gasteiger partial charge in [-0.25, -0.2) is 0 Å². The van der Waals surface area contributed by atoms with Crippen molar-refractivity contribution in [2.24, 2.45) is 5.92 Å². The molecule has 2 nitrogen and oxygen atoms in total. The number of benzene rings is 2. The van der Waals surface area contributed by atoms with Crippen molar-refractivity contribution >= 4 is 0 Å². The van der Waals surface area contributed by atoms with E-state index < -0.39 is 0 Å². The van der Waals surface area contributed by atoms with Crippen LogP contribution in [-0.2, 0) is 19.5 Å². The molecule has 2 aromatic rings. The van der Waals surface area contributed by atoms with Crippen molar-refractivity contribution in [1.29, 1.82) is 0 Å². The molecule has 20 heavy (non-hydrogen) atoms. The quantitative estimate of drug-likeness (QED) is 0.834. The molecule has 2 heteroatoms. The minimum Gasteiger partial charge on any atom is -0.508 e. The molecule has 106 valence electrons. The highest BCUT2D eigenvalue weighted by molar-refractivity contribution is 5.31. The minimum absolute atomic E-state index is 0.354. The normalized spacial score (nSPS) is 10.9. The van der Waals surface area contributed by atoms with Crippen molar-refractivity contribution in [2.45, 2.75) is 33.4 Å². The van der Waals surface area contributed by atoms with Gasteiger partial charge in [-0.05, 0) is 29.5 Å². The molecule has 2 N–H and O–H groups in total. The molecule has 0 heterocycles. The minimum atomic E-state index is 0.354. The molecule has 0 atom stereocenters. The fourth-order valence-electron chi connectivity index (χ4n) is 2.27. The largest absolute Gasteiger partial charge is 0.508 e. The number of para-hydroxylation sites is 1. The van der Waals surface area contributed by atoms with Gasteiger partial charge in [0.2, 0.25) is 0 Å². The van der Waals surface area contributed by atoms with Gasteiger partial charge in [0.05, 0.1) is 0 Å². The van der Waals surface area contributed by atoms with Crippen LogP contribution >= 0.6 is 0 Å². The van der Waals surface area contributed by atoms with Gasteiger partial charge in [-0.15, -0.1) is 0 Å². The maximum atomic E-state index is 9.69. The van der Waals surface area contributed by atoms with E-state index >= 15 is 0 Å². The average molecular weight is 269 g/mol.